The quantitative estimate of drug-likeness (QED) is 0.716. The summed E-state index contributed by atoms with van der Waals surface area (Å²) in [5, 5.41) is 8.26. The highest BCUT2D eigenvalue weighted by molar-refractivity contribution is 5.31. The highest BCUT2D eigenvalue weighted by Gasteiger charge is 2.37. The molecule has 0 amide bonds. The average molecular weight is 379 g/mol. The number of ether oxygens (including phenoxy) is 2. The fourth-order valence-corrected chi connectivity index (χ4v) is 4.87. The zero-order chi connectivity index (χ0) is 19.3. The van der Waals surface area contributed by atoms with Crippen molar-refractivity contribution in [1.82, 2.24) is 20.0 Å². The standard InChI is InChI=1S/C21H38N4O2/c1-5-21(16-26-4)8-6-17(7-9-21)20-18(14-24(3)11-10-22-2)23-25-12-13-27-15-19(20)25/h17,22H,5-16H2,1-4H3/t17-,21-. The average Bonchev–Trinajstić information content (AvgIpc) is 3.05. The van der Waals surface area contributed by atoms with E-state index in [2.05, 4.69) is 28.9 Å². The number of fused-ring (bicyclic) bond motifs is 1. The van der Waals surface area contributed by atoms with Crippen LogP contribution < -0.4 is 5.32 Å². The van der Waals surface area contributed by atoms with Crippen molar-refractivity contribution in [3.63, 3.8) is 0 Å². The summed E-state index contributed by atoms with van der Waals surface area (Å²) in [6.45, 7) is 8.55. The molecule has 1 aliphatic carbocycles. The molecule has 0 unspecified atom stereocenters. The van der Waals surface area contributed by atoms with Crippen molar-refractivity contribution in [1.29, 1.82) is 0 Å². The molecule has 27 heavy (non-hydrogen) atoms. The number of hydrogen-bond acceptors (Lipinski definition) is 5. The van der Waals surface area contributed by atoms with E-state index in [9.17, 15) is 0 Å². The van der Waals surface area contributed by atoms with Crippen LogP contribution in [0.4, 0.5) is 0 Å². The van der Waals surface area contributed by atoms with Crippen LogP contribution in [-0.2, 0) is 29.2 Å². The Morgan fingerprint density at radius 2 is 2.15 bits per heavy atom. The van der Waals surface area contributed by atoms with Gasteiger partial charge in [0.05, 0.1) is 37.8 Å². The summed E-state index contributed by atoms with van der Waals surface area (Å²) in [7, 11) is 6.04. The molecule has 1 aliphatic heterocycles. The van der Waals surface area contributed by atoms with Crippen molar-refractivity contribution < 1.29 is 9.47 Å². The summed E-state index contributed by atoms with van der Waals surface area (Å²) in [5.74, 6) is 0.611. The lowest BCUT2D eigenvalue weighted by Gasteiger charge is -2.39. The summed E-state index contributed by atoms with van der Waals surface area (Å²) in [5.41, 5.74) is 4.47. The van der Waals surface area contributed by atoms with Crippen LogP contribution in [0, 0.1) is 5.41 Å². The smallest absolute Gasteiger partial charge is 0.0888 e. The summed E-state index contributed by atoms with van der Waals surface area (Å²) in [6.07, 6.45) is 6.19. The Kier molecular flexibility index (Phi) is 7.31. The van der Waals surface area contributed by atoms with Crippen LogP contribution in [0.1, 0.15) is 61.9 Å². The number of methoxy groups -OCH3 is 1. The van der Waals surface area contributed by atoms with E-state index in [0.29, 0.717) is 11.3 Å². The monoisotopic (exact) mass is 378 g/mol. The lowest BCUT2D eigenvalue weighted by atomic mass is 9.67. The van der Waals surface area contributed by atoms with E-state index >= 15 is 0 Å². The second kappa shape index (κ2) is 9.50. The molecule has 1 saturated carbocycles. The van der Waals surface area contributed by atoms with Crippen molar-refractivity contribution in [2.45, 2.75) is 64.6 Å². The van der Waals surface area contributed by atoms with E-state index in [0.717, 1.165) is 46.0 Å². The fourth-order valence-electron chi connectivity index (χ4n) is 4.87. The number of nitrogens with one attached hydrogen (secondary N) is 1. The first-order valence-corrected chi connectivity index (χ1v) is 10.6. The highest BCUT2D eigenvalue weighted by atomic mass is 16.5. The van der Waals surface area contributed by atoms with Crippen molar-refractivity contribution >= 4 is 0 Å². The van der Waals surface area contributed by atoms with Crippen molar-refractivity contribution in [2.24, 2.45) is 5.41 Å². The molecule has 6 heteroatoms. The number of rotatable bonds is 9. The van der Waals surface area contributed by atoms with Gasteiger partial charge in [0.1, 0.15) is 0 Å². The molecule has 154 valence electrons. The number of hydrogen-bond donors (Lipinski definition) is 1. The Morgan fingerprint density at radius 1 is 1.37 bits per heavy atom. The van der Waals surface area contributed by atoms with Gasteiger partial charge in [-0.1, -0.05) is 6.92 Å². The van der Waals surface area contributed by atoms with E-state index in [1.807, 2.05) is 14.2 Å². The Bertz CT molecular complexity index is 593. The molecule has 0 saturated heterocycles. The minimum Gasteiger partial charge on any atom is -0.384 e. The summed E-state index contributed by atoms with van der Waals surface area (Å²) < 4.78 is 13.6. The van der Waals surface area contributed by atoms with Gasteiger partial charge in [-0.3, -0.25) is 9.58 Å². The minimum atomic E-state index is 0.374. The lowest BCUT2D eigenvalue weighted by molar-refractivity contribution is 0.0399. The van der Waals surface area contributed by atoms with Crippen LogP contribution in [0.3, 0.4) is 0 Å². The Labute approximate surface area is 164 Å². The van der Waals surface area contributed by atoms with Crippen LogP contribution in [0.5, 0.6) is 0 Å². The molecular weight excluding hydrogens is 340 g/mol. The van der Waals surface area contributed by atoms with Crippen LogP contribution in [0.25, 0.3) is 0 Å². The van der Waals surface area contributed by atoms with Gasteiger partial charge in [-0.2, -0.15) is 5.10 Å². The molecule has 1 aromatic heterocycles. The second-order valence-corrected chi connectivity index (χ2v) is 8.48. The molecule has 1 fully saturated rings. The topological polar surface area (TPSA) is 51.5 Å². The van der Waals surface area contributed by atoms with Crippen molar-refractivity contribution in [3.05, 3.63) is 17.0 Å². The summed E-state index contributed by atoms with van der Waals surface area (Å²) in [4.78, 5) is 2.37. The van der Waals surface area contributed by atoms with Gasteiger partial charge < -0.3 is 14.8 Å². The predicted octanol–water partition coefficient (Wildman–Crippen LogP) is 2.76. The van der Waals surface area contributed by atoms with Crippen LogP contribution in [-0.4, -0.2) is 62.2 Å². The van der Waals surface area contributed by atoms with Crippen molar-refractivity contribution in [3.8, 4) is 0 Å². The van der Waals surface area contributed by atoms with Gasteiger partial charge in [0.15, 0.2) is 0 Å². The molecule has 1 aromatic rings. The van der Waals surface area contributed by atoms with E-state index in [-0.39, 0.29) is 0 Å². The normalized spacial score (nSPS) is 25.7. The molecule has 0 spiro atoms. The van der Waals surface area contributed by atoms with Gasteiger partial charge in [-0.25, -0.2) is 0 Å². The Hall–Kier alpha value is -0.950. The first-order chi connectivity index (χ1) is 13.1. The number of aromatic nitrogens is 2. The molecule has 2 aliphatic rings. The van der Waals surface area contributed by atoms with Gasteiger partial charge >= 0.3 is 0 Å². The van der Waals surface area contributed by atoms with Crippen molar-refractivity contribution in [2.75, 3.05) is 47.5 Å². The summed E-state index contributed by atoms with van der Waals surface area (Å²) >= 11 is 0. The SMILES string of the molecule is CC[C@]1(COC)CC[C@H](c2c(CN(C)CCNC)nn3c2COCC3)CC1. The molecule has 0 atom stereocenters. The van der Waals surface area contributed by atoms with Gasteiger partial charge in [-0.05, 0) is 57.5 Å². The molecular formula is C21H38N4O2. The zero-order valence-corrected chi connectivity index (χ0v) is 17.7. The molecule has 6 nitrogen and oxygen atoms in total. The second-order valence-electron chi connectivity index (χ2n) is 8.48. The molecule has 3 rings (SSSR count). The largest absolute Gasteiger partial charge is 0.384 e. The lowest BCUT2D eigenvalue weighted by Crippen LogP contribution is -2.31. The third kappa shape index (κ3) is 4.73. The Morgan fingerprint density at radius 3 is 2.81 bits per heavy atom. The van der Waals surface area contributed by atoms with E-state index in [1.165, 1.54) is 49.1 Å². The maximum Gasteiger partial charge on any atom is 0.0888 e. The molecule has 0 bridgehead atoms. The molecule has 0 aromatic carbocycles. The van der Waals surface area contributed by atoms with Crippen LogP contribution >= 0.6 is 0 Å². The van der Waals surface area contributed by atoms with E-state index in [1.54, 1.807) is 0 Å². The number of likely N-dealkylation sites (N-methyl/N-ethyl adjacent to an activating group) is 2. The highest BCUT2D eigenvalue weighted by Crippen LogP contribution is 2.46. The van der Waals surface area contributed by atoms with Gasteiger partial charge in [0.2, 0.25) is 0 Å². The van der Waals surface area contributed by atoms with E-state index < -0.39 is 0 Å². The third-order valence-corrected chi connectivity index (χ3v) is 6.68. The summed E-state index contributed by atoms with van der Waals surface area (Å²) in [6, 6.07) is 0. The fraction of sp³-hybridized carbons (Fsp3) is 0.857. The minimum absolute atomic E-state index is 0.374. The van der Waals surface area contributed by atoms with Crippen LogP contribution in [0.15, 0.2) is 0 Å². The zero-order valence-electron chi connectivity index (χ0n) is 17.7. The van der Waals surface area contributed by atoms with Crippen LogP contribution in [0.2, 0.25) is 0 Å². The van der Waals surface area contributed by atoms with E-state index in [4.69, 9.17) is 14.6 Å². The first kappa shape index (κ1) is 20.8. The van der Waals surface area contributed by atoms with Gasteiger partial charge in [-0.15, -0.1) is 0 Å². The molecule has 1 N–H and O–H groups in total. The molecule has 0 radical (unpaired) electrons. The number of nitrogens with zero attached hydrogens (tertiary/aromatic N) is 3. The first-order valence-electron chi connectivity index (χ1n) is 10.6. The maximum absolute atomic E-state index is 5.81. The predicted molar refractivity (Wildman–Crippen MR) is 108 cm³/mol. The molecule has 2 heterocycles. The third-order valence-electron chi connectivity index (χ3n) is 6.68. The van der Waals surface area contributed by atoms with Gasteiger partial charge in [0, 0.05) is 32.3 Å². The maximum atomic E-state index is 5.81. The van der Waals surface area contributed by atoms with Gasteiger partial charge in [0.25, 0.3) is 0 Å². The Balaban J connectivity index is 1.78.